The molecule has 1 fully saturated rings. The van der Waals surface area contributed by atoms with Crippen molar-refractivity contribution >= 4 is 23.1 Å². The molecule has 1 heterocycles. The first-order chi connectivity index (χ1) is 8.99. The highest BCUT2D eigenvalue weighted by Gasteiger charge is 2.22. The summed E-state index contributed by atoms with van der Waals surface area (Å²) in [7, 11) is 4.22. The van der Waals surface area contributed by atoms with Crippen LogP contribution in [0.25, 0.3) is 0 Å². The molecule has 0 atom stereocenters. The fourth-order valence-electron chi connectivity index (χ4n) is 2.58. The Balaban J connectivity index is 2.20. The molecule has 0 bridgehead atoms. The number of anilines is 1. The third kappa shape index (κ3) is 3.28. The molecule has 0 spiro atoms. The van der Waals surface area contributed by atoms with Gasteiger partial charge in [-0.05, 0) is 58.1 Å². The van der Waals surface area contributed by atoms with E-state index in [1.54, 1.807) is 13.0 Å². The molecule has 19 heavy (non-hydrogen) atoms. The van der Waals surface area contributed by atoms with E-state index in [0.29, 0.717) is 11.1 Å². The SMILES string of the molecule is CC(=O)c1ccc(Cl)c(N(C)C2CCN(C)CC2)c1. The summed E-state index contributed by atoms with van der Waals surface area (Å²) in [5.74, 6) is 0.0784. The van der Waals surface area contributed by atoms with E-state index in [2.05, 4.69) is 23.9 Å². The van der Waals surface area contributed by atoms with E-state index in [9.17, 15) is 4.79 Å². The van der Waals surface area contributed by atoms with Gasteiger partial charge in [-0.15, -0.1) is 0 Å². The van der Waals surface area contributed by atoms with E-state index in [4.69, 9.17) is 11.6 Å². The summed E-state index contributed by atoms with van der Waals surface area (Å²) in [6.45, 7) is 3.81. The van der Waals surface area contributed by atoms with Gasteiger partial charge in [0.2, 0.25) is 0 Å². The second kappa shape index (κ2) is 5.93. The van der Waals surface area contributed by atoms with E-state index < -0.39 is 0 Å². The number of carbonyl (C=O) groups excluding carboxylic acids is 1. The van der Waals surface area contributed by atoms with Gasteiger partial charge in [-0.25, -0.2) is 0 Å². The van der Waals surface area contributed by atoms with Gasteiger partial charge in [-0.3, -0.25) is 4.79 Å². The van der Waals surface area contributed by atoms with Gasteiger partial charge in [-0.2, -0.15) is 0 Å². The molecule has 1 saturated heterocycles. The predicted octanol–water partition coefficient (Wildman–Crippen LogP) is 3.07. The lowest BCUT2D eigenvalue weighted by Gasteiger charge is -2.36. The molecule has 1 aromatic carbocycles. The summed E-state index contributed by atoms with van der Waals surface area (Å²) in [6, 6.07) is 6.01. The Morgan fingerprint density at radius 2 is 2.00 bits per heavy atom. The van der Waals surface area contributed by atoms with Crippen LogP contribution in [0, 0.1) is 0 Å². The molecule has 0 radical (unpaired) electrons. The average Bonchev–Trinajstić information content (AvgIpc) is 2.39. The largest absolute Gasteiger partial charge is 0.370 e. The Morgan fingerprint density at radius 3 is 2.58 bits per heavy atom. The molecule has 104 valence electrons. The summed E-state index contributed by atoms with van der Waals surface area (Å²) >= 11 is 6.28. The lowest BCUT2D eigenvalue weighted by Crippen LogP contribution is -2.42. The Morgan fingerprint density at radius 1 is 1.37 bits per heavy atom. The summed E-state index contributed by atoms with van der Waals surface area (Å²) < 4.78 is 0. The number of ketones is 1. The van der Waals surface area contributed by atoms with Gasteiger partial charge < -0.3 is 9.80 Å². The molecule has 0 amide bonds. The maximum absolute atomic E-state index is 11.5. The third-order valence-electron chi connectivity index (χ3n) is 3.97. The second-order valence-electron chi connectivity index (χ2n) is 5.37. The second-order valence-corrected chi connectivity index (χ2v) is 5.77. The van der Waals surface area contributed by atoms with Gasteiger partial charge in [0.05, 0.1) is 10.7 Å². The van der Waals surface area contributed by atoms with Crippen molar-refractivity contribution in [3.05, 3.63) is 28.8 Å². The molecule has 0 aliphatic carbocycles. The van der Waals surface area contributed by atoms with E-state index >= 15 is 0 Å². The maximum Gasteiger partial charge on any atom is 0.159 e. The quantitative estimate of drug-likeness (QED) is 0.795. The highest BCUT2D eigenvalue weighted by atomic mass is 35.5. The maximum atomic E-state index is 11.5. The number of rotatable bonds is 3. The molecule has 0 saturated carbocycles. The van der Waals surface area contributed by atoms with E-state index in [-0.39, 0.29) is 5.78 Å². The molecule has 1 aromatic rings. The first-order valence-corrected chi connectivity index (χ1v) is 7.08. The van der Waals surface area contributed by atoms with Crippen molar-refractivity contribution in [2.24, 2.45) is 0 Å². The van der Waals surface area contributed by atoms with Crippen LogP contribution in [0.2, 0.25) is 5.02 Å². The molecule has 1 aliphatic heterocycles. The fraction of sp³-hybridized carbons (Fsp3) is 0.533. The van der Waals surface area contributed by atoms with Crippen LogP contribution in [0.1, 0.15) is 30.1 Å². The van der Waals surface area contributed by atoms with Crippen LogP contribution < -0.4 is 4.90 Å². The number of carbonyl (C=O) groups is 1. The highest BCUT2D eigenvalue weighted by molar-refractivity contribution is 6.33. The minimum atomic E-state index is 0.0784. The summed E-state index contributed by atoms with van der Waals surface area (Å²) in [6.07, 6.45) is 2.27. The zero-order chi connectivity index (χ0) is 14.0. The zero-order valence-electron chi connectivity index (χ0n) is 11.8. The van der Waals surface area contributed by atoms with Crippen molar-refractivity contribution in [3.63, 3.8) is 0 Å². The fourth-order valence-corrected chi connectivity index (χ4v) is 2.83. The topological polar surface area (TPSA) is 23.6 Å². The molecule has 0 N–H and O–H groups in total. The number of nitrogens with zero attached hydrogens (tertiary/aromatic N) is 2. The molecule has 0 unspecified atom stereocenters. The van der Waals surface area contributed by atoms with Crippen LogP contribution >= 0.6 is 11.6 Å². The van der Waals surface area contributed by atoms with Gasteiger partial charge >= 0.3 is 0 Å². The Kier molecular flexibility index (Phi) is 4.48. The van der Waals surface area contributed by atoms with Gasteiger partial charge in [0.1, 0.15) is 0 Å². The minimum absolute atomic E-state index is 0.0784. The van der Waals surface area contributed by atoms with Crippen molar-refractivity contribution in [1.29, 1.82) is 0 Å². The van der Waals surface area contributed by atoms with Crippen LogP contribution in [0.15, 0.2) is 18.2 Å². The summed E-state index contributed by atoms with van der Waals surface area (Å²) in [5.41, 5.74) is 1.68. The molecule has 4 heteroatoms. The lowest BCUT2D eigenvalue weighted by molar-refractivity contribution is 0.101. The van der Waals surface area contributed by atoms with Crippen LogP contribution in [-0.4, -0.2) is 43.9 Å². The number of hydrogen-bond donors (Lipinski definition) is 0. The van der Waals surface area contributed by atoms with Crippen LogP contribution in [0.4, 0.5) is 5.69 Å². The minimum Gasteiger partial charge on any atom is -0.370 e. The number of hydrogen-bond acceptors (Lipinski definition) is 3. The van der Waals surface area contributed by atoms with E-state index in [1.807, 2.05) is 12.1 Å². The Labute approximate surface area is 120 Å². The molecule has 1 aliphatic rings. The van der Waals surface area contributed by atoms with E-state index in [1.165, 1.54) is 0 Å². The number of piperidine rings is 1. The van der Waals surface area contributed by atoms with Crippen LogP contribution in [0.3, 0.4) is 0 Å². The van der Waals surface area contributed by atoms with Crippen LogP contribution in [0.5, 0.6) is 0 Å². The molecular weight excluding hydrogens is 260 g/mol. The van der Waals surface area contributed by atoms with Gasteiger partial charge in [0.25, 0.3) is 0 Å². The summed E-state index contributed by atoms with van der Waals surface area (Å²) in [5, 5.41) is 0.714. The molecule has 0 aromatic heterocycles. The van der Waals surface area contributed by atoms with Crippen molar-refractivity contribution in [2.45, 2.75) is 25.8 Å². The molecule has 2 rings (SSSR count). The average molecular weight is 281 g/mol. The third-order valence-corrected chi connectivity index (χ3v) is 4.29. The standard InChI is InChI=1S/C15H21ClN2O/c1-11(19)12-4-5-14(16)15(10-12)18(3)13-6-8-17(2)9-7-13/h4-5,10,13H,6-9H2,1-3H3. The van der Waals surface area contributed by atoms with Crippen molar-refractivity contribution in [2.75, 3.05) is 32.1 Å². The number of Topliss-reactive ketones (excluding diaryl/α,β-unsaturated/α-hetero) is 1. The first kappa shape index (κ1) is 14.4. The number of benzene rings is 1. The normalized spacial score (nSPS) is 17.5. The molecule has 3 nitrogen and oxygen atoms in total. The summed E-state index contributed by atoms with van der Waals surface area (Å²) in [4.78, 5) is 16.1. The van der Waals surface area contributed by atoms with Gasteiger partial charge in [0, 0.05) is 18.7 Å². The smallest absolute Gasteiger partial charge is 0.159 e. The lowest BCUT2D eigenvalue weighted by atomic mass is 10.0. The Hall–Kier alpha value is -1.06. The highest BCUT2D eigenvalue weighted by Crippen LogP contribution is 2.30. The van der Waals surface area contributed by atoms with Gasteiger partial charge in [0.15, 0.2) is 5.78 Å². The predicted molar refractivity (Wildman–Crippen MR) is 80.4 cm³/mol. The number of halogens is 1. The van der Waals surface area contributed by atoms with E-state index in [0.717, 1.165) is 37.2 Å². The first-order valence-electron chi connectivity index (χ1n) is 6.71. The molecular formula is C15H21ClN2O. The van der Waals surface area contributed by atoms with Gasteiger partial charge in [-0.1, -0.05) is 11.6 Å². The van der Waals surface area contributed by atoms with Crippen molar-refractivity contribution in [1.82, 2.24) is 4.90 Å². The van der Waals surface area contributed by atoms with Crippen LogP contribution in [-0.2, 0) is 0 Å². The Bertz CT molecular complexity index is 467. The van der Waals surface area contributed by atoms with Crippen molar-refractivity contribution in [3.8, 4) is 0 Å². The number of likely N-dealkylation sites (tertiary alicyclic amines) is 1. The zero-order valence-corrected chi connectivity index (χ0v) is 12.6. The monoisotopic (exact) mass is 280 g/mol. The van der Waals surface area contributed by atoms with Crippen molar-refractivity contribution < 1.29 is 4.79 Å².